The number of fused-ring (bicyclic) bond motifs is 1. The molecule has 0 aliphatic heterocycles. The zero-order valence-corrected chi connectivity index (χ0v) is 20.1. The minimum atomic E-state index is -1.25. The number of para-hydroxylation sites is 1. The molecule has 3 N–H and O–H groups in total. The largest absolute Gasteiger partial charge is 0.388 e. The fraction of sp³-hybridized carbons (Fsp3) is 0.0968. The molecule has 5 heteroatoms. The van der Waals surface area contributed by atoms with Gasteiger partial charge in [-0.3, -0.25) is 0 Å². The molecule has 1 aromatic heterocycles. The summed E-state index contributed by atoms with van der Waals surface area (Å²) in [4.78, 5) is 9.73. The number of nitrogens with one attached hydrogen (secondary N) is 2. The molecule has 1 heterocycles. The van der Waals surface area contributed by atoms with Crippen molar-refractivity contribution in [2.75, 3.05) is 24.2 Å². The number of nitrogens with zero attached hydrogens (tertiary/aromatic N) is 2. The van der Waals surface area contributed by atoms with Crippen molar-refractivity contribution in [1.29, 1.82) is 0 Å². The maximum absolute atomic E-state index is 12.0. The molecular formula is C31H28N4O. The highest BCUT2D eigenvalue weighted by Gasteiger charge is 2.31. The number of benzene rings is 4. The van der Waals surface area contributed by atoms with Gasteiger partial charge in [-0.05, 0) is 47.0 Å². The Labute approximate surface area is 211 Å². The van der Waals surface area contributed by atoms with Crippen molar-refractivity contribution in [3.8, 4) is 11.4 Å². The minimum absolute atomic E-state index is 0.234. The van der Waals surface area contributed by atoms with E-state index in [4.69, 9.17) is 9.97 Å². The van der Waals surface area contributed by atoms with Gasteiger partial charge in [0.25, 0.3) is 0 Å². The third-order valence-electron chi connectivity index (χ3n) is 6.42. The van der Waals surface area contributed by atoms with Gasteiger partial charge in [-0.1, -0.05) is 85.5 Å². The molecule has 0 unspecified atom stereocenters. The van der Waals surface area contributed by atoms with E-state index in [-0.39, 0.29) is 6.54 Å². The molecule has 5 aromatic rings. The van der Waals surface area contributed by atoms with Crippen LogP contribution >= 0.6 is 0 Å². The average molecular weight is 473 g/mol. The molecule has 5 nitrogen and oxygen atoms in total. The maximum atomic E-state index is 12.0. The molecule has 0 saturated heterocycles. The molecular weight excluding hydrogens is 444 g/mol. The van der Waals surface area contributed by atoms with Gasteiger partial charge in [0.05, 0.1) is 12.1 Å². The lowest BCUT2D eigenvalue weighted by Crippen LogP contribution is -2.35. The molecule has 0 aliphatic carbocycles. The molecule has 0 bridgehead atoms. The van der Waals surface area contributed by atoms with Crippen molar-refractivity contribution < 1.29 is 5.11 Å². The van der Waals surface area contributed by atoms with Gasteiger partial charge >= 0.3 is 0 Å². The highest BCUT2D eigenvalue weighted by atomic mass is 16.3. The fourth-order valence-corrected chi connectivity index (χ4v) is 4.45. The van der Waals surface area contributed by atoms with Crippen molar-refractivity contribution in [1.82, 2.24) is 9.97 Å². The monoisotopic (exact) mass is 472 g/mol. The Morgan fingerprint density at radius 2 is 1.47 bits per heavy atom. The van der Waals surface area contributed by atoms with Gasteiger partial charge in [0, 0.05) is 23.7 Å². The average Bonchev–Trinajstić information content (AvgIpc) is 2.96. The number of aromatic nitrogens is 2. The number of hydrogen-bond acceptors (Lipinski definition) is 5. The molecule has 36 heavy (non-hydrogen) atoms. The van der Waals surface area contributed by atoms with Crippen molar-refractivity contribution in [2.24, 2.45) is 0 Å². The first-order chi connectivity index (χ1) is 17.6. The smallest absolute Gasteiger partial charge is 0.162 e. The van der Waals surface area contributed by atoms with Crippen LogP contribution in [0.5, 0.6) is 0 Å². The summed E-state index contributed by atoms with van der Waals surface area (Å²) in [7, 11) is 1.89. The summed E-state index contributed by atoms with van der Waals surface area (Å²) in [5.74, 6) is 1.27. The summed E-state index contributed by atoms with van der Waals surface area (Å²) in [6.07, 6.45) is 1.81. The molecule has 0 saturated carbocycles. The Kier molecular flexibility index (Phi) is 6.48. The first-order valence-electron chi connectivity index (χ1n) is 11.9. The summed E-state index contributed by atoms with van der Waals surface area (Å²) >= 11 is 0. The Morgan fingerprint density at radius 3 is 2.11 bits per heavy atom. The molecule has 0 amide bonds. The second-order valence-electron chi connectivity index (χ2n) is 8.62. The Balaban J connectivity index is 1.58. The van der Waals surface area contributed by atoms with Crippen LogP contribution in [-0.2, 0) is 5.60 Å². The predicted molar refractivity (Wildman–Crippen MR) is 149 cm³/mol. The van der Waals surface area contributed by atoms with E-state index in [0.717, 1.165) is 38.8 Å². The molecule has 4 aromatic carbocycles. The molecule has 5 rings (SSSR count). The first-order valence-corrected chi connectivity index (χ1v) is 11.9. The van der Waals surface area contributed by atoms with Crippen LogP contribution in [0.4, 0.5) is 11.5 Å². The lowest BCUT2D eigenvalue weighted by atomic mass is 9.86. The van der Waals surface area contributed by atoms with Crippen LogP contribution in [0.1, 0.15) is 16.7 Å². The van der Waals surface area contributed by atoms with Crippen LogP contribution in [0.15, 0.2) is 110 Å². The van der Waals surface area contributed by atoms with Gasteiger partial charge in [0.15, 0.2) is 5.82 Å². The Hall–Kier alpha value is -4.48. The van der Waals surface area contributed by atoms with Crippen molar-refractivity contribution in [3.63, 3.8) is 0 Å². The normalized spacial score (nSPS) is 11.3. The topological polar surface area (TPSA) is 70.1 Å². The number of anilines is 2. The standard InChI is InChI=1S/C31H28N4O/c1-3-22-20-23(18-19-27(22)32-2)29-34-28-17-11-10-16-26(28)30(35-29)33-21-31(36,24-12-6-4-7-13-24)25-14-8-5-9-15-25/h3-20,32,36H,1,21H2,2H3,(H,33,34,35). The van der Waals surface area contributed by atoms with Crippen LogP contribution in [0.25, 0.3) is 28.4 Å². The van der Waals surface area contributed by atoms with Gasteiger partial charge in [-0.15, -0.1) is 0 Å². The van der Waals surface area contributed by atoms with Crippen LogP contribution in [0.3, 0.4) is 0 Å². The molecule has 178 valence electrons. The highest BCUT2D eigenvalue weighted by molar-refractivity contribution is 5.91. The number of rotatable bonds is 8. The summed E-state index contributed by atoms with van der Waals surface area (Å²) in [6, 6.07) is 33.3. The van der Waals surface area contributed by atoms with E-state index in [1.807, 2.05) is 116 Å². The van der Waals surface area contributed by atoms with E-state index in [2.05, 4.69) is 17.2 Å². The van der Waals surface area contributed by atoms with Gasteiger partial charge in [0.1, 0.15) is 11.4 Å². The van der Waals surface area contributed by atoms with Crippen LogP contribution < -0.4 is 10.6 Å². The van der Waals surface area contributed by atoms with E-state index < -0.39 is 5.60 Å². The molecule has 0 fully saturated rings. The van der Waals surface area contributed by atoms with Gasteiger partial charge in [0.2, 0.25) is 0 Å². The van der Waals surface area contributed by atoms with Gasteiger partial charge in [-0.25, -0.2) is 9.97 Å². The van der Waals surface area contributed by atoms with E-state index in [0.29, 0.717) is 11.6 Å². The quantitative estimate of drug-likeness (QED) is 0.246. The SMILES string of the molecule is C=Cc1cc(-c2nc(NCC(O)(c3ccccc3)c3ccccc3)c3ccccc3n2)ccc1NC. The van der Waals surface area contributed by atoms with E-state index in [1.165, 1.54) is 0 Å². The second kappa shape index (κ2) is 10.0. The Morgan fingerprint density at radius 1 is 0.833 bits per heavy atom. The summed E-state index contributed by atoms with van der Waals surface area (Å²) in [6.45, 7) is 4.17. The maximum Gasteiger partial charge on any atom is 0.162 e. The number of aliphatic hydroxyl groups is 1. The first kappa shape index (κ1) is 23.3. The number of hydrogen-bond donors (Lipinski definition) is 3. The summed E-state index contributed by atoms with van der Waals surface area (Å²) in [5, 5.41) is 19.5. The highest BCUT2D eigenvalue weighted by Crippen LogP contribution is 2.32. The third-order valence-corrected chi connectivity index (χ3v) is 6.42. The summed E-state index contributed by atoms with van der Waals surface area (Å²) in [5.41, 5.74) is 4.04. The van der Waals surface area contributed by atoms with Gasteiger partial charge in [-0.2, -0.15) is 0 Å². The molecule has 0 atom stereocenters. The van der Waals surface area contributed by atoms with Crippen LogP contribution in [0.2, 0.25) is 0 Å². The van der Waals surface area contributed by atoms with Crippen molar-refractivity contribution >= 4 is 28.5 Å². The van der Waals surface area contributed by atoms with E-state index in [1.54, 1.807) is 0 Å². The van der Waals surface area contributed by atoms with Gasteiger partial charge < -0.3 is 15.7 Å². The van der Waals surface area contributed by atoms with Crippen LogP contribution in [-0.4, -0.2) is 28.7 Å². The molecule has 0 aliphatic rings. The zero-order valence-electron chi connectivity index (χ0n) is 20.1. The molecule has 0 spiro atoms. The Bertz CT molecular complexity index is 1460. The van der Waals surface area contributed by atoms with Crippen LogP contribution in [0, 0.1) is 0 Å². The second-order valence-corrected chi connectivity index (χ2v) is 8.62. The lowest BCUT2D eigenvalue weighted by molar-refractivity contribution is 0.0949. The van der Waals surface area contributed by atoms with Crippen molar-refractivity contribution in [2.45, 2.75) is 5.60 Å². The van der Waals surface area contributed by atoms with E-state index >= 15 is 0 Å². The third kappa shape index (κ3) is 4.44. The molecule has 0 radical (unpaired) electrons. The fourth-order valence-electron chi connectivity index (χ4n) is 4.45. The van der Waals surface area contributed by atoms with Crippen molar-refractivity contribution in [3.05, 3.63) is 126 Å². The zero-order chi connectivity index (χ0) is 25.0. The predicted octanol–water partition coefficient (Wildman–Crippen LogP) is 6.33. The van der Waals surface area contributed by atoms with E-state index in [9.17, 15) is 5.11 Å². The minimum Gasteiger partial charge on any atom is -0.388 e. The lowest BCUT2D eigenvalue weighted by Gasteiger charge is -2.30. The summed E-state index contributed by atoms with van der Waals surface area (Å²) < 4.78 is 0.